The lowest BCUT2D eigenvalue weighted by Gasteiger charge is -2.30. The third-order valence-corrected chi connectivity index (χ3v) is 6.40. The van der Waals surface area contributed by atoms with Gasteiger partial charge < -0.3 is 10.2 Å². The molecule has 1 N–H and O–H groups in total. The van der Waals surface area contributed by atoms with Crippen LogP contribution in [0.4, 0.5) is 4.39 Å². The van der Waals surface area contributed by atoms with Gasteiger partial charge in [0.1, 0.15) is 11.9 Å². The van der Waals surface area contributed by atoms with E-state index in [0.29, 0.717) is 10.6 Å². The molecule has 168 valence electrons. The minimum atomic E-state index is -3.59. The SMILES string of the molecule is CC(C(=O)NCc1ccccc1Cl)N(Cc1ccc(F)cc1)C(=O)CN(C)S(C)(=O)=O. The maximum absolute atomic E-state index is 13.2. The summed E-state index contributed by atoms with van der Waals surface area (Å²) < 4.78 is 37.5. The molecule has 0 aliphatic heterocycles. The van der Waals surface area contributed by atoms with Crippen molar-refractivity contribution >= 4 is 33.4 Å². The van der Waals surface area contributed by atoms with Crippen molar-refractivity contribution in [2.24, 2.45) is 0 Å². The van der Waals surface area contributed by atoms with E-state index in [2.05, 4.69) is 5.32 Å². The topological polar surface area (TPSA) is 86.8 Å². The largest absolute Gasteiger partial charge is 0.350 e. The Hall–Kier alpha value is -2.49. The molecular formula is C21H25ClFN3O4S. The fraction of sp³-hybridized carbons (Fsp3) is 0.333. The van der Waals surface area contributed by atoms with Gasteiger partial charge in [0.15, 0.2) is 0 Å². The van der Waals surface area contributed by atoms with Gasteiger partial charge in [-0.25, -0.2) is 12.8 Å². The fourth-order valence-corrected chi connectivity index (χ4v) is 3.29. The Morgan fingerprint density at radius 2 is 1.74 bits per heavy atom. The minimum absolute atomic E-state index is 0.0113. The molecule has 31 heavy (non-hydrogen) atoms. The number of hydrogen-bond donors (Lipinski definition) is 1. The maximum Gasteiger partial charge on any atom is 0.242 e. The van der Waals surface area contributed by atoms with E-state index in [9.17, 15) is 22.4 Å². The zero-order chi connectivity index (χ0) is 23.2. The van der Waals surface area contributed by atoms with Crippen LogP contribution in [0.3, 0.4) is 0 Å². The summed E-state index contributed by atoms with van der Waals surface area (Å²) in [6.07, 6.45) is 0.990. The first-order chi connectivity index (χ1) is 14.5. The number of benzene rings is 2. The van der Waals surface area contributed by atoms with Gasteiger partial charge in [0.2, 0.25) is 21.8 Å². The number of rotatable bonds is 9. The fourth-order valence-electron chi connectivity index (χ4n) is 2.74. The van der Waals surface area contributed by atoms with Gasteiger partial charge in [0.25, 0.3) is 0 Å². The number of nitrogens with one attached hydrogen (secondary N) is 1. The first kappa shape index (κ1) is 24.8. The Labute approximate surface area is 186 Å². The van der Waals surface area contributed by atoms with Crippen LogP contribution >= 0.6 is 11.6 Å². The van der Waals surface area contributed by atoms with Crippen LogP contribution in [-0.4, -0.2) is 55.3 Å². The second-order valence-corrected chi connectivity index (χ2v) is 9.65. The molecule has 1 atom stereocenters. The number of nitrogens with zero attached hydrogens (tertiary/aromatic N) is 2. The smallest absolute Gasteiger partial charge is 0.242 e. The lowest BCUT2D eigenvalue weighted by molar-refractivity contribution is -0.140. The van der Waals surface area contributed by atoms with Gasteiger partial charge in [-0.15, -0.1) is 0 Å². The van der Waals surface area contributed by atoms with Crippen molar-refractivity contribution in [2.75, 3.05) is 19.8 Å². The summed E-state index contributed by atoms with van der Waals surface area (Å²) in [5, 5.41) is 3.25. The Morgan fingerprint density at radius 1 is 1.13 bits per heavy atom. The average molecular weight is 470 g/mol. The monoisotopic (exact) mass is 469 g/mol. The lowest BCUT2D eigenvalue weighted by atomic mass is 10.1. The van der Waals surface area contributed by atoms with E-state index in [1.165, 1.54) is 36.2 Å². The summed E-state index contributed by atoms with van der Waals surface area (Å²) in [7, 11) is -2.30. The zero-order valence-electron chi connectivity index (χ0n) is 17.5. The normalized spacial score (nSPS) is 12.5. The molecule has 0 bridgehead atoms. The van der Waals surface area contributed by atoms with Crippen LogP contribution in [0.2, 0.25) is 5.02 Å². The molecular weight excluding hydrogens is 445 g/mol. The molecule has 2 amide bonds. The molecule has 0 radical (unpaired) electrons. The third-order valence-electron chi connectivity index (χ3n) is 4.77. The summed E-state index contributed by atoms with van der Waals surface area (Å²) >= 11 is 6.11. The van der Waals surface area contributed by atoms with Gasteiger partial charge >= 0.3 is 0 Å². The molecule has 0 saturated carbocycles. The first-order valence-corrected chi connectivity index (χ1v) is 11.7. The summed E-state index contributed by atoms with van der Waals surface area (Å²) in [6.45, 7) is 1.30. The van der Waals surface area contributed by atoms with Crippen LogP contribution in [0.25, 0.3) is 0 Å². The number of sulfonamides is 1. The predicted molar refractivity (Wildman–Crippen MR) is 117 cm³/mol. The van der Waals surface area contributed by atoms with Crippen molar-refractivity contribution in [3.05, 3.63) is 70.5 Å². The number of hydrogen-bond acceptors (Lipinski definition) is 4. The lowest BCUT2D eigenvalue weighted by Crippen LogP contribution is -2.50. The maximum atomic E-state index is 13.2. The van der Waals surface area contributed by atoms with Crippen LogP contribution in [0.15, 0.2) is 48.5 Å². The molecule has 0 aliphatic carbocycles. The molecule has 0 fully saturated rings. The van der Waals surface area contributed by atoms with Gasteiger partial charge in [0.05, 0.1) is 12.8 Å². The van der Waals surface area contributed by atoms with Crippen molar-refractivity contribution < 1.29 is 22.4 Å². The van der Waals surface area contributed by atoms with Gasteiger partial charge in [-0.2, -0.15) is 4.31 Å². The molecule has 1 unspecified atom stereocenters. The van der Waals surface area contributed by atoms with Gasteiger partial charge in [0, 0.05) is 25.2 Å². The number of likely N-dealkylation sites (N-methyl/N-ethyl adjacent to an activating group) is 1. The predicted octanol–water partition coefficient (Wildman–Crippen LogP) is 2.40. The minimum Gasteiger partial charge on any atom is -0.350 e. The molecule has 0 aliphatic rings. The quantitative estimate of drug-likeness (QED) is 0.611. The van der Waals surface area contributed by atoms with E-state index >= 15 is 0 Å². The Bertz CT molecular complexity index is 1030. The third kappa shape index (κ3) is 7.30. The average Bonchev–Trinajstić information content (AvgIpc) is 2.71. The van der Waals surface area contributed by atoms with Crippen molar-refractivity contribution in [2.45, 2.75) is 26.1 Å². The molecule has 7 nitrogen and oxygen atoms in total. The van der Waals surface area contributed by atoms with Crippen LogP contribution in [0, 0.1) is 5.82 Å². The highest BCUT2D eigenvalue weighted by molar-refractivity contribution is 7.88. The summed E-state index contributed by atoms with van der Waals surface area (Å²) in [6, 6.07) is 11.7. The molecule has 0 spiro atoms. The molecule has 10 heteroatoms. The number of halogens is 2. The number of carbonyl (C=O) groups excluding carboxylic acids is 2. The van der Waals surface area contributed by atoms with E-state index in [-0.39, 0.29) is 13.1 Å². The van der Waals surface area contributed by atoms with Crippen molar-refractivity contribution in [1.29, 1.82) is 0 Å². The first-order valence-electron chi connectivity index (χ1n) is 9.45. The number of carbonyl (C=O) groups is 2. The summed E-state index contributed by atoms with van der Waals surface area (Å²) in [4.78, 5) is 26.9. The Kier molecular flexibility index (Phi) is 8.55. The second kappa shape index (κ2) is 10.7. The van der Waals surface area contributed by atoms with Gasteiger partial charge in [-0.3, -0.25) is 9.59 Å². The highest BCUT2D eigenvalue weighted by Crippen LogP contribution is 2.15. The van der Waals surface area contributed by atoms with E-state index in [1.54, 1.807) is 31.2 Å². The standard InChI is InChI=1S/C21H25ClFN3O4S/c1-15(21(28)24-12-17-6-4-5-7-19(17)22)26(13-16-8-10-18(23)11-9-16)20(27)14-25(2)31(3,29)30/h4-11,15H,12-14H2,1-3H3,(H,24,28). The Balaban J connectivity index is 2.18. The van der Waals surface area contributed by atoms with Crippen molar-refractivity contribution in [3.8, 4) is 0 Å². The van der Waals surface area contributed by atoms with Crippen LogP contribution in [0.5, 0.6) is 0 Å². The van der Waals surface area contributed by atoms with Gasteiger partial charge in [-0.1, -0.05) is 41.9 Å². The second-order valence-electron chi connectivity index (χ2n) is 7.15. The van der Waals surface area contributed by atoms with E-state index < -0.39 is 40.2 Å². The molecule has 0 heterocycles. The molecule has 2 aromatic carbocycles. The Morgan fingerprint density at radius 3 is 2.32 bits per heavy atom. The highest BCUT2D eigenvalue weighted by Gasteiger charge is 2.28. The molecule has 0 saturated heterocycles. The molecule has 2 rings (SSSR count). The highest BCUT2D eigenvalue weighted by atomic mass is 35.5. The number of amides is 2. The van der Waals surface area contributed by atoms with Gasteiger partial charge in [-0.05, 0) is 36.2 Å². The van der Waals surface area contributed by atoms with E-state index in [1.807, 2.05) is 0 Å². The van der Waals surface area contributed by atoms with Crippen molar-refractivity contribution in [3.63, 3.8) is 0 Å². The van der Waals surface area contributed by atoms with Crippen molar-refractivity contribution in [1.82, 2.24) is 14.5 Å². The van der Waals surface area contributed by atoms with Crippen LogP contribution in [0.1, 0.15) is 18.1 Å². The zero-order valence-corrected chi connectivity index (χ0v) is 19.1. The summed E-state index contributed by atoms with van der Waals surface area (Å²) in [5.74, 6) is -1.42. The summed E-state index contributed by atoms with van der Waals surface area (Å²) in [5.41, 5.74) is 1.32. The van der Waals surface area contributed by atoms with E-state index in [4.69, 9.17) is 11.6 Å². The molecule has 2 aromatic rings. The van der Waals surface area contributed by atoms with E-state index in [0.717, 1.165) is 16.1 Å². The van der Waals surface area contributed by atoms with Crippen LogP contribution in [-0.2, 0) is 32.7 Å². The van der Waals surface area contributed by atoms with Crippen LogP contribution < -0.4 is 5.32 Å². The molecule has 0 aromatic heterocycles.